The van der Waals surface area contributed by atoms with Crippen LogP contribution in [0, 0.1) is 5.92 Å². The summed E-state index contributed by atoms with van der Waals surface area (Å²) in [4.78, 5) is 11.2. The van der Waals surface area contributed by atoms with Gasteiger partial charge in [-0.15, -0.1) is 0 Å². The van der Waals surface area contributed by atoms with Crippen LogP contribution in [0.3, 0.4) is 0 Å². The second kappa shape index (κ2) is 5.38. The fourth-order valence-electron chi connectivity index (χ4n) is 2.83. The fourth-order valence-corrected chi connectivity index (χ4v) is 3.77. The van der Waals surface area contributed by atoms with Crippen LogP contribution in [0.2, 0.25) is 0 Å². The molecule has 2 rings (SSSR count). The number of carboxylic acid groups (broad SMARTS) is 1. The van der Waals surface area contributed by atoms with Gasteiger partial charge in [0.1, 0.15) is 5.54 Å². The van der Waals surface area contributed by atoms with E-state index in [4.69, 9.17) is 0 Å². The van der Waals surface area contributed by atoms with Gasteiger partial charge in [-0.05, 0) is 38.0 Å². The van der Waals surface area contributed by atoms with Crippen molar-refractivity contribution in [2.24, 2.45) is 5.92 Å². The van der Waals surface area contributed by atoms with Crippen molar-refractivity contribution >= 4 is 16.0 Å². The van der Waals surface area contributed by atoms with E-state index in [1.807, 2.05) is 0 Å². The van der Waals surface area contributed by atoms with E-state index in [0.29, 0.717) is 32.5 Å². The number of nitrogens with one attached hydrogen (secondary N) is 1. The Kier molecular flexibility index (Phi) is 4.17. The van der Waals surface area contributed by atoms with Crippen LogP contribution < -0.4 is 5.32 Å². The first kappa shape index (κ1) is 14.7. The predicted octanol–water partition coefficient (Wildman–Crippen LogP) is 0.255. The predicted molar refractivity (Wildman–Crippen MR) is 71.4 cm³/mol. The van der Waals surface area contributed by atoms with Gasteiger partial charge >= 0.3 is 5.97 Å². The summed E-state index contributed by atoms with van der Waals surface area (Å²) in [6.07, 6.45) is 5.32. The number of hydrogen-bond donors (Lipinski definition) is 2. The van der Waals surface area contributed by atoms with Gasteiger partial charge in [0.05, 0.1) is 6.26 Å². The Hall–Kier alpha value is -0.660. The first-order valence-electron chi connectivity index (χ1n) is 6.77. The third-order valence-corrected chi connectivity index (χ3v) is 5.57. The number of hydrogen-bond acceptors (Lipinski definition) is 4. The van der Waals surface area contributed by atoms with Crippen molar-refractivity contribution in [1.82, 2.24) is 9.62 Å². The topological polar surface area (TPSA) is 86.7 Å². The van der Waals surface area contributed by atoms with Gasteiger partial charge in [-0.3, -0.25) is 4.79 Å². The fraction of sp³-hybridized carbons (Fsp3) is 0.917. The zero-order valence-electron chi connectivity index (χ0n) is 11.3. The molecule has 0 aromatic carbocycles. The van der Waals surface area contributed by atoms with Gasteiger partial charge in [0.15, 0.2) is 0 Å². The maximum absolute atomic E-state index is 11.5. The van der Waals surface area contributed by atoms with Crippen LogP contribution in [-0.2, 0) is 14.8 Å². The third-order valence-electron chi connectivity index (χ3n) is 4.30. The van der Waals surface area contributed by atoms with Gasteiger partial charge in [0.2, 0.25) is 10.0 Å². The lowest BCUT2D eigenvalue weighted by Crippen LogP contribution is -2.59. The Morgan fingerprint density at radius 1 is 1.42 bits per heavy atom. The zero-order chi connectivity index (χ0) is 14.1. The molecule has 19 heavy (non-hydrogen) atoms. The molecule has 0 aromatic heterocycles. The van der Waals surface area contributed by atoms with E-state index in [9.17, 15) is 18.3 Å². The van der Waals surface area contributed by atoms with Crippen molar-refractivity contribution in [3.63, 3.8) is 0 Å². The Morgan fingerprint density at radius 3 is 2.58 bits per heavy atom. The number of nitrogens with zero attached hydrogens (tertiary/aromatic N) is 1. The monoisotopic (exact) mass is 290 g/mol. The molecule has 0 radical (unpaired) electrons. The quantitative estimate of drug-likeness (QED) is 0.758. The van der Waals surface area contributed by atoms with Gasteiger partial charge in [0, 0.05) is 19.6 Å². The van der Waals surface area contributed by atoms with Crippen molar-refractivity contribution in [2.75, 3.05) is 25.9 Å². The minimum Gasteiger partial charge on any atom is -0.480 e. The van der Waals surface area contributed by atoms with Crippen LogP contribution >= 0.6 is 0 Å². The standard InChI is InChI=1S/C12H22N2O4S/c1-19(17,18)14-7-2-4-10(9-14)8-13-12(11(15)16)5-3-6-12/h10,13H,2-9H2,1H3,(H,15,16). The van der Waals surface area contributed by atoms with Crippen LogP contribution in [0.5, 0.6) is 0 Å². The first-order chi connectivity index (χ1) is 8.83. The van der Waals surface area contributed by atoms with Crippen molar-refractivity contribution in [3.05, 3.63) is 0 Å². The Bertz CT molecular complexity index is 445. The maximum atomic E-state index is 11.5. The summed E-state index contributed by atoms with van der Waals surface area (Å²) in [6.45, 7) is 1.67. The molecular weight excluding hydrogens is 268 g/mol. The molecule has 1 aliphatic heterocycles. The lowest BCUT2D eigenvalue weighted by molar-refractivity contribution is -0.149. The molecule has 1 saturated carbocycles. The molecule has 1 aliphatic carbocycles. The molecule has 1 atom stereocenters. The molecule has 6 nitrogen and oxygen atoms in total. The van der Waals surface area contributed by atoms with Crippen molar-refractivity contribution in [2.45, 2.75) is 37.6 Å². The highest BCUT2D eigenvalue weighted by Gasteiger charge is 2.44. The Labute approximate surface area is 114 Å². The number of carboxylic acids is 1. The largest absolute Gasteiger partial charge is 0.480 e. The SMILES string of the molecule is CS(=O)(=O)N1CCCC(CNC2(C(=O)O)CCC2)C1. The zero-order valence-corrected chi connectivity index (χ0v) is 12.1. The van der Waals surface area contributed by atoms with Crippen LogP contribution in [0.15, 0.2) is 0 Å². The molecule has 1 unspecified atom stereocenters. The van der Waals surface area contributed by atoms with Gasteiger partial charge in [-0.2, -0.15) is 0 Å². The van der Waals surface area contributed by atoms with E-state index >= 15 is 0 Å². The van der Waals surface area contributed by atoms with E-state index in [1.54, 1.807) is 0 Å². The lowest BCUT2D eigenvalue weighted by atomic mass is 9.76. The van der Waals surface area contributed by atoms with Crippen LogP contribution in [-0.4, -0.2) is 55.2 Å². The molecule has 0 bridgehead atoms. The van der Waals surface area contributed by atoms with Gasteiger partial charge in [0.25, 0.3) is 0 Å². The highest BCUT2D eigenvalue weighted by atomic mass is 32.2. The molecule has 2 aliphatic rings. The first-order valence-corrected chi connectivity index (χ1v) is 8.62. The van der Waals surface area contributed by atoms with Crippen LogP contribution in [0.4, 0.5) is 0 Å². The van der Waals surface area contributed by atoms with Gasteiger partial charge in [-0.1, -0.05) is 0 Å². The molecule has 1 heterocycles. The van der Waals surface area contributed by atoms with Crippen molar-refractivity contribution < 1.29 is 18.3 Å². The van der Waals surface area contributed by atoms with E-state index in [-0.39, 0.29) is 5.92 Å². The summed E-state index contributed by atoms with van der Waals surface area (Å²) in [5.41, 5.74) is -0.757. The smallest absolute Gasteiger partial charge is 0.323 e. The molecular formula is C12H22N2O4S. The second-order valence-corrected chi connectivity index (χ2v) is 7.73. The molecule has 0 spiro atoms. The van der Waals surface area contributed by atoms with Gasteiger partial charge in [-0.25, -0.2) is 12.7 Å². The average Bonchev–Trinajstić information content (AvgIpc) is 2.26. The van der Waals surface area contributed by atoms with Crippen molar-refractivity contribution in [3.8, 4) is 0 Å². The molecule has 0 aromatic rings. The Balaban J connectivity index is 1.88. The average molecular weight is 290 g/mol. The van der Waals surface area contributed by atoms with E-state index in [1.165, 1.54) is 10.6 Å². The number of sulfonamides is 1. The number of aliphatic carboxylic acids is 1. The van der Waals surface area contributed by atoms with Crippen LogP contribution in [0.1, 0.15) is 32.1 Å². The van der Waals surface area contributed by atoms with Crippen LogP contribution in [0.25, 0.3) is 0 Å². The molecule has 7 heteroatoms. The molecule has 0 amide bonds. The molecule has 110 valence electrons. The molecule has 2 N–H and O–H groups in total. The number of rotatable bonds is 5. The highest BCUT2D eigenvalue weighted by molar-refractivity contribution is 7.88. The summed E-state index contributed by atoms with van der Waals surface area (Å²) < 4.78 is 24.5. The minimum absolute atomic E-state index is 0.209. The lowest BCUT2D eigenvalue weighted by Gasteiger charge is -2.40. The number of carbonyl (C=O) groups is 1. The number of piperidine rings is 1. The van der Waals surface area contributed by atoms with Crippen molar-refractivity contribution in [1.29, 1.82) is 0 Å². The Morgan fingerprint density at radius 2 is 2.11 bits per heavy atom. The minimum atomic E-state index is -3.13. The highest BCUT2D eigenvalue weighted by Crippen LogP contribution is 2.32. The van der Waals surface area contributed by atoms with E-state index < -0.39 is 21.5 Å². The van der Waals surface area contributed by atoms with Gasteiger partial charge < -0.3 is 10.4 Å². The third kappa shape index (κ3) is 3.27. The molecule has 1 saturated heterocycles. The summed E-state index contributed by atoms with van der Waals surface area (Å²) in [5, 5.41) is 12.4. The normalized spacial score (nSPS) is 27.7. The summed E-state index contributed by atoms with van der Waals surface area (Å²) >= 11 is 0. The van der Waals surface area contributed by atoms with E-state index in [2.05, 4.69) is 5.32 Å². The maximum Gasteiger partial charge on any atom is 0.323 e. The summed E-state index contributed by atoms with van der Waals surface area (Å²) in [7, 11) is -3.13. The molecule has 2 fully saturated rings. The summed E-state index contributed by atoms with van der Waals surface area (Å²) in [5.74, 6) is -0.574. The summed E-state index contributed by atoms with van der Waals surface area (Å²) in [6, 6.07) is 0. The second-order valence-electron chi connectivity index (χ2n) is 5.75. The van der Waals surface area contributed by atoms with E-state index in [0.717, 1.165) is 19.3 Å².